The summed E-state index contributed by atoms with van der Waals surface area (Å²) in [6.45, 7) is 3.96. The van der Waals surface area contributed by atoms with Gasteiger partial charge in [0, 0.05) is 10.8 Å². The lowest BCUT2D eigenvalue weighted by atomic mass is 10.1. The molecule has 0 aliphatic heterocycles. The summed E-state index contributed by atoms with van der Waals surface area (Å²) in [5.74, 6) is 0.166. The van der Waals surface area contributed by atoms with Crippen LogP contribution in [0.3, 0.4) is 0 Å². The number of anilines is 1. The van der Waals surface area contributed by atoms with Crippen molar-refractivity contribution in [2.75, 3.05) is 11.6 Å². The van der Waals surface area contributed by atoms with Gasteiger partial charge in [-0.1, -0.05) is 26.0 Å². The lowest BCUT2D eigenvalue weighted by Gasteiger charge is -2.12. The number of carbonyl (C=O) groups excluding carboxylic acids is 1. The number of thioether (sulfide) groups is 1. The molecule has 0 saturated heterocycles. The van der Waals surface area contributed by atoms with E-state index in [0.29, 0.717) is 0 Å². The van der Waals surface area contributed by atoms with Gasteiger partial charge in [0.15, 0.2) is 0 Å². The molecule has 0 radical (unpaired) electrons. The molecule has 0 unspecified atom stereocenters. The van der Waals surface area contributed by atoms with E-state index in [4.69, 9.17) is 0 Å². The van der Waals surface area contributed by atoms with Gasteiger partial charge in [-0.05, 0) is 24.8 Å². The van der Waals surface area contributed by atoms with Crippen molar-refractivity contribution in [2.24, 2.45) is 5.92 Å². The molecule has 0 saturated carbocycles. The summed E-state index contributed by atoms with van der Waals surface area (Å²) in [5, 5.41) is 2.95. The summed E-state index contributed by atoms with van der Waals surface area (Å²) in [7, 11) is 0. The number of benzene rings is 1. The lowest BCUT2D eigenvalue weighted by Crippen LogP contribution is -2.19. The molecule has 0 heterocycles. The Morgan fingerprint density at radius 3 is 2.73 bits per heavy atom. The average Bonchev–Trinajstić information content (AvgIpc) is 2.28. The Labute approximate surface area is 95.5 Å². The van der Waals surface area contributed by atoms with Crippen LogP contribution < -0.4 is 5.32 Å². The van der Waals surface area contributed by atoms with Gasteiger partial charge in [-0.15, -0.1) is 11.8 Å². The van der Waals surface area contributed by atoms with E-state index >= 15 is 0 Å². The maximum Gasteiger partial charge on any atom is 0.227 e. The molecule has 0 aliphatic carbocycles. The standard InChI is InChI=1S/C12H17NOS/c1-4-9(2)12(14)13-10-7-5-6-8-11(10)15-3/h5-9H,4H2,1-3H3,(H,13,14)/t9-/m1/s1. The molecule has 1 N–H and O–H groups in total. The van der Waals surface area contributed by atoms with Gasteiger partial charge in [0.25, 0.3) is 0 Å². The van der Waals surface area contributed by atoms with Crippen LogP contribution in [0.2, 0.25) is 0 Å². The second-order valence-electron chi connectivity index (χ2n) is 3.50. The van der Waals surface area contributed by atoms with Gasteiger partial charge in [-0.3, -0.25) is 4.79 Å². The van der Waals surface area contributed by atoms with Crippen molar-refractivity contribution in [1.82, 2.24) is 0 Å². The van der Waals surface area contributed by atoms with Crippen LogP contribution in [-0.2, 0) is 4.79 Å². The molecule has 0 fully saturated rings. The van der Waals surface area contributed by atoms with Crippen molar-refractivity contribution in [3.05, 3.63) is 24.3 Å². The van der Waals surface area contributed by atoms with E-state index in [1.165, 1.54) is 0 Å². The van der Waals surface area contributed by atoms with Crippen LogP contribution in [0.4, 0.5) is 5.69 Å². The van der Waals surface area contributed by atoms with Crippen molar-refractivity contribution in [2.45, 2.75) is 25.2 Å². The summed E-state index contributed by atoms with van der Waals surface area (Å²) in [6.07, 6.45) is 2.88. The molecule has 1 amide bonds. The monoisotopic (exact) mass is 223 g/mol. The highest BCUT2D eigenvalue weighted by Crippen LogP contribution is 2.25. The van der Waals surface area contributed by atoms with Gasteiger partial charge >= 0.3 is 0 Å². The minimum Gasteiger partial charge on any atom is -0.325 e. The Hall–Kier alpha value is -0.960. The van der Waals surface area contributed by atoms with Crippen LogP contribution in [-0.4, -0.2) is 12.2 Å². The van der Waals surface area contributed by atoms with Gasteiger partial charge in [-0.25, -0.2) is 0 Å². The highest BCUT2D eigenvalue weighted by atomic mass is 32.2. The number of carbonyl (C=O) groups is 1. The number of para-hydroxylation sites is 1. The molecule has 82 valence electrons. The van der Waals surface area contributed by atoms with E-state index in [1.807, 2.05) is 44.4 Å². The van der Waals surface area contributed by atoms with Crippen molar-refractivity contribution < 1.29 is 4.79 Å². The molecule has 0 aromatic heterocycles. The first-order valence-corrected chi connectivity index (χ1v) is 6.35. The Morgan fingerprint density at radius 2 is 2.13 bits per heavy atom. The predicted molar refractivity (Wildman–Crippen MR) is 66.3 cm³/mol. The molecule has 1 atom stereocenters. The Morgan fingerprint density at radius 1 is 1.47 bits per heavy atom. The van der Waals surface area contributed by atoms with E-state index in [1.54, 1.807) is 11.8 Å². The fourth-order valence-corrected chi connectivity index (χ4v) is 1.74. The van der Waals surface area contributed by atoms with E-state index in [9.17, 15) is 4.79 Å². The predicted octanol–water partition coefficient (Wildman–Crippen LogP) is 3.39. The van der Waals surface area contributed by atoms with Gasteiger partial charge < -0.3 is 5.32 Å². The molecule has 1 rings (SSSR count). The molecule has 0 aliphatic rings. The van der Waals surface area contributed by atoms with Crippen LogP contribution in [0.5, 0.6) is 0 Å². The molecule has 3 heteroatoms. The first-order chi connectivity index (χ1) is 7.19. The average molecular weight is 223 g/mol. The molecule has 1 aromatic rings. The maximum absolute atomic E-state index is 11.7. The molecule has 1 aromatic carbocycles. The number of nitrogens with one attached hydrogen (secondary N) is 1. The van der Waals surface area contributed by atoms with Gasteiger partial charge in [-0.2, -0.15) is 0 Å². The zero-order valence-electron chi connectivity index (χ0n) is 9.41. The second-order valence-corrected chi connectivity index (χ2v) is 4.35. The number of amides is 1. The summed E-state index contributed by atoms with van der Waals surface area (Å²) in [4.78, 5) is 12.8. The van der Waals surface area contributed by atoms with Gasteiger partial charge in [0.1, 0.15) is 0 Å². The van der Waals surface area contributed by atoms with Gasteiger partial charge in [0.2, 0.25) is 5.91 Å². The fourth-order valence-electron chi connectivity index (χ4n) is 1.19. The zero-order valence-corrected chi connectivity index (χ0v) is 10.2. The largest absolute Gasteiger partial charge is 0.325 e. The van der Waals surface area contributed by atoms with Gasteiger partial charge in [0.05, 0.1) is 5.69 Å². The third-order valence-electron chi connectivity index (χ3n) is 2.42. The Kier molecular flexibility index (Phi) is 4.69. The second kappa shape index (κ2) is 5.81. The number of hydrogen-bond acceptors (Lipinski definition) is 2. The van der Waals surface area contributed by atoms with Crippen LogP contribution in [0.15, 0.2) is 29.2 Å². The molecular weight excluding hydrogens is 206 g/mol. The van der Waals surface area contributed by atoms with Crippen molar-refractivity contribution in [3.63, 3.8) is 0 Å². The molecule has 0 spiro atoms. The van der Waals surface area contributed by atoms with E-state index in [0.717, 1.165) is 17.0 Å². The molecular formula is C12H17NOS. The normalized spacial score (nSPS) is 12.2. The zero-order chi connectivity index (χ0) is 11.3. The highest BCUT2D eigenvalue weighted by Gasteiger charge is 2.11. The molecule has 0 bridgehead atoms. The van der Waals surface area contributed by atoms with Crippen molar-refractivity contribution in [1.29, 1.82) is 0 Å². The SMILES string of the molecule is CC[C@@H](C)C(=O)Nc1ccccc1SC. The van der Waals surface area contributed by atoms with Crippen LogP contribution in [0.25, 0.3) is 0 Å². The minimum absolute atomic E-state index is 0.0694. The fraction of sp³-hybridized carbons (Fsp3) is 0.417. The van der Waals surface area contributed by atoms with Crippen LogP contribution in [0.1, 0.15) is 20.3 Å². The maximum atomic E-state index is 11.7. The van der Waals surface area contributed by atoms with Crippen LogP contribution >= 0.6 is 11.8 Å². The number of hydrogen-bond donors (Lipinski definition) is 1. The van der Waals surface area contributed by atoms with E-state index in [-0.39, 0.29) is 11.8 Å². The first kappa shape index (κ1) is 12.1. The third kappa shape index (κ3) is 3.27. The summed E-state index contributed by atoms with van der Waals surface area (Å²) < 4.78 is 0. The summed E-state index contributed by atoms with van der Waals surface area (Å²) >= 11 is 1.64. The van der Waals surface area contributed by atoms with E-state index < -0.39 is 0 Å². The molecule has 2 nitrogen and oxygen atoms in total. The Bertz CT molecular complexity index is 338. The quantitative estimate of drug-likeness (QED) is 0.793. The van der Waals surface area contributed by atoms with Crippen molar-refractivity contribution in [3.8, 4) is 0 Å². The third-order valence-corrected chi connectivity index (χ3v) is 3.22. The summed E-state index contributed by atoms with van der Waals surface area (Å²) in [6, 6.07) is 7.86. The lowest BCUT2D eigenvalue weighted by molar-refractivity contribution is -0.119. The smallest absolute Gasteiger partial charge is 0.227 e. The van der Waals surface area contributed by atoms with Crippen LogP contribution in [0, 0.1) is 5.92 Å². The topological polar surface area (TPSA) is 29.1 Å². The van der Waals surface area contributed by atoms with Crippen molar-refractivity contribution >= 4 is 23.4 Å². The Balaban J connectivity index is 2.76. The van der Waals surface area contributed by atoms with E-state index in [2.05, 4.69) is 5.32 Å². The highest BCUT2D eigenvalue weighted by molar-refractivity contribution is 7.98. The molecule has 15 heavy (non-hydrogen) atoms. The summed E-state index contributed by atoms with van der Waals surface area (Å²) in [5.41, 5.74) is 0.912. The number of rotatable bonds is 4. The minimum atomic E-state index is 0.0694. The first-order valence-electron chi connectivity index (χ1n) is 5.13.